The molecule has 4 aromatic rings. The van der Waals surface area contributed by atoms with Crippen LogP contribution in [0.5, 0.6) is 0 Å². The third-order valence-corrected chi connectivity index (χ3v) is 6.32. The summed E-state index contributed by atoms with van der Waals surface area (Å²) in [5, 5.41) is 10.2. The lowest BCUT2D eigenvalue weighted by Gasteiger charge is -2.52. The molecule has 6 rings (SSSR count). The van der Waals surface area contributed by atoms with Crippen LogP contribution < -0.4 is 5.43 Å². The number of Topliss-reactive ketones (excluding diaryl/α,β-unsaturated/α-hetero) is 1. The molecular weight excluding hydrogens is 409 g/mol. The van der Waals surface area contributed by atoms with Crippen molar-refractivity contribution in [2.75, 3.05) is 0 Å². The molecule has 2 unspecified atom stereocenters. The molecule has 0 saturated carbocycles. The molecule has 2 saturated heterocycles. The van der Waals surface area contributed by atoms with E-state index in [0.29, 0.717) is 18.2 Å². The van der Waals surface area contributed by atoms with Crippen LogP contribution in [0.15, 0.2) is 61.1 Å². The molecule has 0 aliphatic carbocycles. The van der Waals surface area contributed by atoms with Crippen molar-refractivity contribution in [3.05, 3.63) is 78.1 Å². The number of benzene rings is 2. The number of halogens is 1. The molecule has 2 aliphatic rings. The first-order valence-corrected chi connectivity index (χ1v) is 10.6. The standard InChI is InChI=1S/C23H20FN7O/c24-15-4-3-7-20(31-26-10-11-27-31)22(15)23(32)18-9-8-14-12-21(30(14)29-18)19-13-25-16-5-1-2-6-17(16)28-19/h1-7,10-11,13-14,18,21,29H,8-9,12H2/t14-,18?,21?/m0/s1. The lowest BCUT2D eigenvalue weighted by Crippen LogP contribution is -2.65. The first-order chi connectivity index (χ1) is 15.7. The number of carbonyl (C=O) groups excluding carboxylic acids is 1. The molecular formula is C23H20FN7O. The number of hydrogen-bond donors (Lipinski definition) is 1. The van der Waals surface area contributed by atoms with Gasteiger partial charge in [0.1, 0.15) is 5.82 Å². The average Bonchev–Trinajstić information content (AvgIpc) is 3.34. The fraction of sp³-hybridized carbons (Fsp3) is 0.261. The maximum absolute atomic E-state index is 14.8. The van der Waals surface area contributed by atoms with Crippen molar-refractivity contribution in [2.24, 2.45) is 0 Å². The van der Waals surface area contributed by atoms with E-state index in [9.17, 15) is 9.18 Å². The SMILES string of the molecule is O=C(c1c(F)cccc1-n1nccn1)C1CC[C@H]2CC(c3cnc4ccccc4n3)N2N1. The Kier molecular flexibility index (Phi) is 4.51. The maximum atomic E-state index is 14.8. The fourth-order valence-electron chi connectivity index (χ4n) is 4.68. The monoisotopic (exact) mass is 429 g/mol. The lowest BCUT2D eigenvalue weighted by atomic mass is 9.84. The number of carbonyl (C=O) groups is 1. The van der Waals surface area contributed by atoms with E-state index in [-0.39, 0.29) is 17.4 Å². The molecule has 0 amide bonds. The van der Waals surface area contributed by atoms with Gasteiger partial charge in [-0.1, -0.05) is 18.2 Å². The topological polar surface area (TPSA) is 88.8 Å². The molecule has 0 spiro atoms. The molecule has 160 valence electrons. The Morgan fingerprint density at radius 2 is 1.84 bits per heavy atom. The van der Waals surface area contributed by atoms with Gasteiger partial charge in [0.05, 0.1) is 58.7 Å². The van der Waals surface area contributed by atoms with Crippen molar-refractivity contribution in [1.29, 1.82) is 0 Å². The average molecular weight is 429 g/mol. The maximum Gasteiger partial charge on any atom is 0.186 e. The van der Waals surface area contributed by atoms with Gasteiger partial charge in [-0.25, -0.2) is 19.8 Å². The third-order valence-electron chi connectivity index (χ3n) is 6.32. The number of rotatable bonds is 4. The second-order valence-electron chi connectivity index (χ2n) is 8.17. The van der Waals surface area contributed by atoms with Crippen molar-refractivity contribution in [2.45, 2.75) is 37.4 Å². The molecule has 2 fully saturated rings. The van der Waals surface area contributed by atoms with Crippen molar-refractivity contribution < 1.29 is 9.18 Å². The molecule has 32 heavy (non-hydrogen) atoms. The van der Waals surface area contributed by atoms with Crippen LogP contribution in [-0.4, -0.2) is 47.8 Å². The number of ketones is 1. The second kappa shape index (κ2) is 7.54. The van der Waals surface area contributed by atoms with Gasteiger partial charge in [0.25, 0.3) is 0 Å². The van der Waals surface area contributed by atoms with Gasteiger partial charge < -0.3 is 0 Å². The van der Waals surface area contributed by atoms with Gasteiger partial charge in [0.2, 0.25) is 0 Å². The minimum Gasteiger partial charge on any atom is -0.292 e. The van der Waals surface area contributed by atoms with Crippen molar-refractivity contribution in [3.8, 4) is 5.69 Å². The summed E-state index contributed by atoms with van der Waals surface area (Å²) >= 11 is 0. The number of fused-ring (bicyclic) bond motifs is 2. The molecule has 9 heteroatoms. The molecule has 1 N–H and O–H groups in total. The van der Waals surface area contributed by atoms with E-state index in [1.165, 1.54) is 23.3 Å². The summed E-state index contributed by atoms with van der Waals surface area (Å²) in [7, 11) is 0. The van der Waals surface area contributed by atoms with Crippen molar-refractivity contribution in [1.82, 2.24) is 35.4 Å². The Balaban J connectivity index is 1.27. The highest BCUT2D eigenvalue weighted by atomic mass is 19.1. The summed E-state index contributed by atoms with van der Waals surface area (Å²) in [6, 6.07) is 12.1. The van der Waals surface area contributed by atoms with Crippen LogP contribution in [0.1, 0.15) is 41.4 Å². The van der Waals surface area contributed by atoms with Crippen LogP contribution in [0, 0.1) is 5.82 Å². The Morgan fingerprint density at radius 1 is 1.03 bits per heavy atom. The minimum atomic E-state index is -0.575. The number of hydrogen-bond acceptors (Lipinski definition) is 7. The quantitative estimate of drug-likeness (QED) is 0.499. The first kappa shape index (κ1) is 19.1. The smallest absolute Gasteiger partial charge is 0.186 e. The van der Waals surface area contributed by atoms with Gasteiger partial charge in [-0.2, -0.15) is 15.0 Å². The molecule has 2 aliphatic heterocycles. The minimum absolute atomic E-state index is 0.00206. The van der Waals surface area contributed by atoms with Crippen LogP contribution >= 0.6 is 0 Å². The fourth-order valence-corrected chi connectivity index (χ4v) is 4.68. The summed E-state index contributed by atoms with van der Waals surface area (Å²) in [6.45, 7) is 0. The number of para-hydroxylation sites is 2. The van der Waals surface area contributed by atoms with E-state index >= 15 is 0 Å². The van der Waals surface area contributed by atoms with Gasteiger partial charge in [0.15, 0.2) is 5.78 Å². The van der Waals surface area contributed by atoms with E-state index < -0.39 is 11.9 Å². The zero-order chi connectivity index (χ0) is 21.7. The molecule has 8 nitrogen and oxygen atoms in total. The van der Waals surface area contributed by atoms with Crippen molar-refractivity contribution in [3.63, 3.8) is 0 Å². The Bertz CT molecular complexity index is 1310. The molecule has 0 radical (unpaired) electrons. The highest BCUT2D eigenvalue weighted by molar-refractivity contribution is 6.03. The Hall–Kier alpha value is -3.56. The zero-order valence-corrected chi connectivity index (χ0v) is 17.1. The summed E-state index contributed by atoms with van der Waals surface area (Å²) in [6.07, 6.45) is 7.23. The first-order valence-electron chi connectivity index (χ1n) is 10.6. The summed E-state index contributed by atoms with van der Waals surface area (Å²) in [4.78, 5) is 24.0. The third kappa shape index (κ3) is 3.09. The molecule has 3 atom stereocenters. The highest BCUT2D eigenvalue weighted by Crippen LogP contribution is 2.41. The van der Waals surface area contributed by atoms with E-state index in [1.807, 2.05) is 24.3 Å². The van der Waals surface area contributed by atoms with Crippen LogP contribution in [0.4, 0.5) is 4.39 Å². The Labute approximate surface area is 183 Å². The number of hydrazine groups is 1. The van der Waals surface area contributed by atoms with Crippen LogP contribution in [0.2, 0.25) is 0 Å². The van der Waals surface area contributed by atoms with E-state index in [1.54, 1.807) is 18.3 Å². The summed E-state index contributed by atoms with van der Waals surface area (Å²) in [5.41, 5.74) is 6.26. The summed E-state index contributed by atoms with van der Waals surface area (Å²) in [5.74, 6) is -0.877. The van der Waals surface area contributed by atoms with Crippen LogP contribution in [-0.2, 0) is 0 Å². The van der Waals surface area contributed by atoms with E-state index in [4.69, 9.17) is 4.98 Å². The van der Waals surface area contributed by atoms with E-state index in [0.717, 1.165) is 29.6 Å². The second-order valence-corrected chi connectivity index (χ2v) is 8.17. The normalized spacial score (nSPS) is 23.0. The largest absolute Gasteiger partial charge is 0.292 e. The molecule has 0 bridgehead atoms. The van der Waals surface area contributed by atoms with Crippen LogP contribution in [0.25, 0.3) is 16.7 Å². The Morgan fingerprint density at radius 3 is 2.69 bits per heavy atom. The predicted octanol–water partition coefficient (Wildman–Crippen LogP) is 3.01. The van der Waals surface area contributed by atoms with Crippen LogP contribution in [0.3, 0.4) is 0 Å². The van der Waals surface area contributed by atoms with Gasteiger partial charge in [-0.3, -0.25) is 9.78 Å². The van der Waals surface area contributed by atoms with Gasteiger partial charge >= 0.3 is 0 Å². The molecule has 2 aromatic heterocycles. The number of nitrogens with one attached hydrogen (secondary N) is 1. The molecule has 4 heterocycles. The van der Waals surface area contributed by atoms with E-state index in [2.05, 4.69) is 25.6 Å². The number of aromatic nitrogens is 5. The van der Waals surface area contributed by atoms with Gasteiger partial charge in [-0.15, -0.1) is 0 Å². The summed E-state index contributed by atoms with van der Waals surface area (Å²) < 4.78 is 14.8. The lowest BCUT2D eigenvalue weighted by molar-refractivity contribution is -0.0767. The number of nitrogens with zero attached hydrogens (tertiary/aromatic N) is 6. The highest BCUT2D eigenvalue weighted by Gasteiger charge is 2.46. The zero-order valence-electron chi connectivity index (χ0n) is 17.1. The predicted molar refractivity (Wildman–Crippen MR) is 114 cm³/mol. The molecule has 2 aromatic carbocycles. The van der Waals surface area contributed by atoms with Gasteiger partial charge in [0, 0.05) is 6.04 Å². The van der Waals surface area contributed by atoms with Crippen molar-refractivity contribution >= 4 is 16.8 Å². The van der Waals surface area contributed by atoms with Gasteiger partial charge in [-0.05, 0) is 43.5 Å².